The van der Waals surface area contributed by atoms with Gasteiger partial charge in [0.05, 0.1) is 6.10 Å². The monoisotopic (exact) mass is 274 g/mol. The second kappa shape index (κ2) is 6.91. The maximum atomic E-state index is 9.60. The summed E-state index contributed by atoms with van der Waals surface area (Å²) in [4.78, 5) is 4.71. The van der Waals surface area contributed by atoms with Crippen molar-refractivity contribution in [2.45, 2.75) is 25.9 Å². The van der Waals surface area contributed by atoms with Gasteiger partial charge in [0.2, 0.25) is 0 Å². The maximum absolute atomic E-state index is 9.60. The fourth-order valence-corrected chi connectivity index (χ4v) is 2.60. The average molecular weight is 274 g/mol. The smallest absolute Gasteiger partial charge is 0.0845 e. The van der Waals surface area contributed by atoms with E-state index in [0.717, 1.165) is 26.2 Å². The van der Waals surface area contributed by atoms with Crippen molar-refractivity contribution < 1.29 is 5.11 Å². The van der Waals surface area contributed by atoms with Crippen LogP contribution in [0.15, 0.2) is 36.9 Å². The molecule has 1 aliphatic heterocycles. The fraction of sp³-hybridized carbons (Fsp3) is 0.529. The molecule has 20 heavy (non-hydrogen) atoms. The lowest BCUT2D eigenvalue weighted by Gasteiger charge is -2.36. The largest absolute Gasteiger partial charge is 0.388 e. The molecule has 1 aliphatic rings. The second-order valence-corrected chi connectivity index (χ2v) is 5.84. The lowest BCUT2D eigenvalue weighted by molar-refractivity contribution is 0.142. The van der Waals surface area contributed by atoms with Crippen molar-refractivity contribution in [3.8, 4) is 0 Å². The van der Waals surface area contributed by atoms with E-state index in [1.54, 1.807) is 6.08 Å². The summed E-state index contributed by atoms with van der Waals surface area (Å²) in [6.45, 7) is 12.8. The van der Waals surface area contributed by atoms with Crippen LogP contribution >= 0.6 is 0 Å². The molecule has 3 nitrogen and oxygen atoms in total. The maximum Gasteiger partial charge on any atom is 0.0845 e. The van der Waals surface area contributed by atoms with Crippen molar-refractivity contribution >= 4 is 5.69 Å². The Balaban J connectivity index is 1.88. The number of piperazine rings is 1. The van der Waals surface area contributed by atoms with E-state index < -0.39 is 6.10 Å². The zero-order valence-corrected chi connectivity index (χ0v) is 12.6. The number of benzene rings is 1. The molecule has 1 unspecified atom stereocenters. The van der Waals surface area contributed by atoms with Crippen molar-refractivity contribution in [3.63, 3.8) is 0 Å². The van der Waals surface area contributed by atoms with Gasteiger partial charge in [-0.3, -0.25) is 4.90 Å². The Bertz CT molecular complexity index is 419. The summed E-state index contributed by atoms with van der Waals surface area (Å²) in [6, 6.07) is 8.91. The molecule has 1 N–H and O–H groups in total. The molecule has 0 amide bonds. The SMILES string of the molecule is C=CC(O)CN1CCN(c2ccc(C(C)C)cc2)CC1. The van der Waals surface area contributed by atoms with Crippen LogP contribution in [-0.2, 0) is 0 Å². The summed E-state index contributed by atoms with van der Waals surface area (Å²) in [7, 11) is 0. The number of aliphatic hydroxyl groups is 1. The summed E-state index contributed by atoms with van der Waals surface area (Å²) < 4.78 is 0. The quantitative estimate of drug-likeness (QED) is 0.836. The Kier molecular flexibility index (Phi) is 5.21. The lowest BCUT2D eigenvalue weighted by Crippen LogP contribution is -2.48. The van der Waals surface area contributed by atoms with Crippen molar-refractivity contribution in [2.24, 2.45) is 0 Å². The van der Waals surface area contributed by atoms with Crippen LogP contribution in [0.3, 0.4) is 0 Å². The van der Waals surface area contributed by atoms with Gasteiger partial charge in [0.1, 0.15) is 0 Å². The highest BCUT2D eigenvalue weighted by Gasteiger charge is 2.18. The third-order valence-corrected chi connectivity index (χ3v) is 4.01. The van der Waals surface area contributed by atoms with Gasteiger partial charge in [0.25, 0.3) is 0 Å². The molecule has 0 radical (unpaired) electrons. The lowest BCUT2D eigenvalue weighted by atomic mass is 10.0. The highest BCUT2D eigenvalue weighted by atomic mass is 16.3. The topological polar surface area (TPSA) is 26.7 Å². The van der Waals surface area contributed by atoms with Gasteiger partial charge in [-0.15, -0.1) is 6.58 Å². The number of nitrogens with zero attached hydrogens (tertiary/aromatic N) is 2. The van der Waals surface area contributed by atoms with E-state index in [0.29, 0.717) is 12.5 Å². The van der Waals surface area contributed by atoms with Crippen LogP contribution < -0.4 is 4.90 Å². The predicted molar refractivity (Wildman–Crippen MR) is 85.4 cm³/mol. The number of β-amino-alcohol motifs (C(OH)–C–C–N with tert-alkyl or cyclic N) is 1. The fourth-order valence-electron chi connectivity index (χ4n) is 2.60. The predicted octanol–water partition coefficient (Wildman–Crippen LogP) is 2.48. The van der Waals surface area contributed by atoms with Crippen molar-refractivity contribution in [3.05, 3.63) is 42.5 Å². The van der Waals surface area contributed by atoms with Crippen LogP contribution in [0, 0.1) is 0 Å². The van der Waals surface area contributed by atoms with Gasteiger partial charge in [-0.05, 0) is 23.6 Å². The first-order chi connectivity index (χ1) is 9.60. The van der Waals surface area contributed by atoms with Crippen LogP contribution in [0.5, 0.6) is 0 Å². The number of aliphatic hydroxyl groups excluding tert-OH is 1. The molecule has 2 rings (SSSR count). The Morgan fingerprint density at radius 1 is 1.15 bits per heavy atom. The zero-order chi connectivity index (χ0) is 14.5. The van der Waals surface area contributed by atoms with E-state index in [9.17, 15) is 5.11 Å². The summed E-state index contributed by atoms with van der Waals surface area (Å²) in [5.41, 5.74) is 2.69. The van der Waals surface area contributed by atoms with Crippen LogP contribution in [0.1, 0.15) is 25.3 Å². The van der Waals surface area contributed by atoms with E-state index in [-0.39, 0.29) is 0 Å². The van der Waals surface area contributed by atoms with Crippen LogP contribution in [-0.4, -0.2) is 48.8 Å². The van der Waals surface area contributed by atoms with Crippen LogP contribution in [0.2, 0.25) is 0 Å². The van der Waals surface area contributed by atoms with Crippen molar-refractivity contribution in [1.29, 1.82) is 0 Å². The number of anilines is 1. The molecule has 110 valence electrons. The molecular formula is C17H26N2O. The summed E-state index contributed by atoms with van der Waals surface area (Å²) >= 11 is 0. The van der Waals surface area contributed by atoms with E-state index >= 15 is 0 Å². The Morgan fingerprint density at radius 3 is 2.25 bits per heavy atom. The first-order valence-corrected chi connectivity index (χ1v) is 7.48. The van der Waals surface area contributed by atoms with E-state index in [2.05, 4.69) is 54.5 Å². The van der Waals surface area contributed by atoms with Crippen molar-refractivity contribution in [2.75, 3.05) is 37.6 Å². The first-order valence-electron chi connectivity index (χ1n) is 7.48. The molecule has 0 spiro atoms. The normalized spacial score (nSPS) is 18.3. The molecular weight excluding hydrogens is 248 g/mol. The molecule has 1 aromatic rings. The summed E-state index contributed by atoms with van der Waals surface area (Å²) in [6.07, 6.45) is 1.20. The van der Waals surface area contributed by atoms with E-state index in [1.165, 1.54) is 11.3 Å². The highest BCUT2D eigenvalue weighted by molar-refractivity contribution is 5.48. The molecule has 1 aromatic carbocycles. The Morgan fingerprint density at radius 2 is 1.75 bits per heavy atom. The van der Waals surface area contributed by atoms with Gasteiger partial charge >= 0.3 is 0 Å². The number of rotatable bonds is 5. The van der Waals surface area contributed by atoms with Crippen LogP contribution in [0.4, 0.5) is 5.69 Å². The van der Waals surface area contributed by atoms with Crippen molar-refractivity contribution in [1.82, 2.24) is 4.90 Å². The molecule has 1 saturated heterocycles. The Hall–Kier alpha value is -1.32. The van der Waals surface area contributed by atoms with E-state index in [4.69, 9.17) is 0 Å². The molecule has 1 atom stereocenters. The average Bonchev–Trinajstić information content (AvgIpc) is 2.48. The molecule has 0 bridgehead atoms. The number of hydrogen-bond donors (Lipinski definition) is 1. The summed E-state index contributed by atoms with van der Waals surface area (Å²) in [5.74, 6) is 0.585. The van der Waals surface area contributed by atoms with E-state index in [1.807, 2.05) is 0 Å². The van der Waals surface area contributed by atoms with Crippen LogP contribution in [0.25, 0.3) is 0 Å². The summed E-state index contributed by atoms with van der Waals surface area (Å²) in [5, 5.41) is 9.60. The third kappa shape index (κ3) is 3.84. The minimum Gasteiger partial charge on any atom is -0.388 e. The molecule has 0 aliphatic carbocycles. The minimum absolute atomic E-state index is 0.410. The zero-order valence-electron chi connectivity index (χ0n) is 12.6. The highest BCUT2D eigenvalue weighted by Crippen LogP contribution is 2.21. The molecule has 3 heteroatoms. The van der Waals surface area contributed by atoms with Gasteiger partial charge in [-0.1, -0.05) is 32.1 Å². The standard InChI is InChI=1S/C17H26N2O/c1-4-17(20)13-18-9-11-19(12-10-18)16-7-5-15(6-8-16)14(2)3/h4-8,14,17,20H,1,9-13H2,2-3H3. The first kappa shape index (κ1) is 15.1. The molecule has 0 aromatic heterocycles. The number of hydrogen-bond acceptors (Lipinski definition) is 3. The van der Waals surface area contributed by atoms with Gasteiger partial charge in [0, 0.05) is 38.4 Å². The van der Waals surface area contributed by atoms with Gasteiger partial charge in [-0.25, -0.2) is 0 Å². The third-order valence-electron chi connectivity index (χ3n) is 4.01. The minimum atomic E-state index is -0.410. The van der Waals surface area contributed by atoms with Gasteiger partial charge in [0.15, 0.2) is 0 Å². The molecule has 0 saturated carbocycles. The van der Waals surface area contributed by atoms with Gasteiger partial charge < -0.3 is 10.0 Å². The molecule has 1 fully saturated rings. The Labute approximate surface area is 122 Å². The second-order valence-electron chi connectivity index (χ2n) is 5.84. The molecule has 1 heterocycles. The van der Waals surface area contributed by atoms with Gasteiger partial charge in [-0.2, -0.15) is 0 Å².